The molecule has 0 aliphatic carbocycles. The fourth-order valence-corrected chi connectivity index (χ4v) is 2.26. The summed E-state index contributed by atoms with van der Waals surface area (Å²) in [5, 5.41) is 11.8. The summed E-state index contributed by atoms with van der Waals surface area (Å²) in [6.45, 7) is 2.84. The number of carbonyl (C=O) groups excluding carboxylic acids is 1. The molecule has 1 aromatic carbocycles. The number of carboxylic acid groups (broad SMARTS) is 1. The number of amides is 1. The zero-order valence-electron chi connectivity index (χ0n) is 11.4. The smallest absolute Gasteiger partial charge is 0.325 e. The minimum atomic E-state index is -1.23. The molecule has 0 radical (unpaired) electrons. The molecular formula is C14H19N3O3. The fourth-order valence-electron chi connectivity index (χ4n) is 2.26. The van der Waals surface area contributed by atoms with Gasteiger partial charge in [-0.15, -0.1) is 0 Å². The van der Waals surface area contributed by atoms with Gasteiger partial charge in [-0.3, -0.25) is 14.5 Å². The van der Waals surface area contributed by atoms with Gasteiger partial charge < -0.3 is 16.2 Å². The van der Waals surface area contributed by atoms with Crippen LogP contribution in [0.5, 0.6) is 0 Å². The summed E-state index contributed by atoms with van der Waals surface area (Å²) >= 11 is 0. The predicted octanol–water partition coefficient (Wildman–Crippen LogP) is 0.421. The van der Waals surface area contributed by atoms with Gasteiger partial charge in [-0.05, 0) is 25.5 Å². The van der Waals surface area contributed by atoms with Crippen molar-refractivity contribution in [3.05, 3.63) is 29.8 Å². The standard InChI is InChI=1S/C14H19N3O3/c1-10-2-4-11(5-3-10)16-12(18)8-17-7-6-14(15,9-17)13(19)20/h2-5H,6-9,15H2,1H3,(H,16,18)(H,19,20). The first kappa shape index (κ1) is 14.5. The molecule has 0 bridgehead atoms. The molecule has 2 rings (SSSR count). The summed E-state index contributed by atoms with van der Waals surface area (Å²) < 4.78 is 0. The van der Waals surface area contributed by atoms with Crippen molar-refractivity contribution >= 4 is 17.6 Å². The summed E-state index contributed by atoms with van der Waals surface area (Å²) in [6.07, 6.45) is 0.361. The van der Waals surface area contributed by atoms with Crippen LogP contribution in [0.3, 0.4) is 0 Å². The van der Waals surface area contributed by atoms with E-state index in [1.54, 1.807) is 4.90 Å². The molecule has 1 aliphatic rings. The monoisotopic (exact) mass is 277 g/mol. The number of benzene rings is 1. The van der Waals surface area contributed by atoms with E-state index in [0.717, 1.165) is 11.3 Å². The maximum absolute atomic E-state index is 11.9. The summed E-state index contributed by atoms with van der Waals surface area (Å²) in [5.74, 6) is -1.18. The summed E-state index contributed by atoms with van der Waals surface area (Å²) in [6, 6.07) is 7.50. The zero-order valence-corrected chi connectivity index (χ0v) is 11.4. The molecule has 0 saturated carbocycles. The van der Waals surface area contributed by atoms with Gasteiger partial charge in [0.25, 0.3) is 0 Å². The zero-order chi connectivity index (χ0) is 14.8. The normalized spacial score (nSPS) is 22.7. The molecule has 0 spiro atoms. The van der Waals surface area contributed by atoms with E-state index < -0.39 is 11.5 Å². The topological polar surface area (TPSA) is 95.7 Å². The number of nitrogens with two attached hydrogens (primary N) is 1. The van der Waals surface area contributed by atoms with Gasteiger partial charge in [-0.2, -0.15) is 0 Å². The molecule has 4 N–H and O–H groups in total. The van der Waals surface area contributed by atoms with E-state index >= 15 is 0 Å². The number of rotatable bonds is 4. The van der Waals surface area contributed by atoms with E-state index in [2.05, 4.69) is 5.32 Å². The third-order valence-electron chi connectivity index (χ3n) is 3.51. The first-order chi connectivity index (χ1) is 9.39. The van der Waals surface area contributed by atoms with E-state index in [9.17, 15) is 9.59 Å². The predicted molar refractivity (Wildman–Crippen MR) is 75.4 cm³/mol. The molecule has 6 nitrogen and oxygen atoms in total. The van der Waals surface area contributed by atoms with Gasteiger partial charge >= 0.3 is 5.97 Å². The number of hydrogen-bond acceptors (Lipinski definition) is 4. The van der Waals surface area contributed by atoms with Crippen LogP contribution in [-0.4, -0.2) is 47.1 Å². The molecule has 1 atom stereocenters. The molecule has 0 aromatic heterocycles. The van der Waals surface area contributed by atoms with Crippen LogP contribution in [0.2, 0.25) is 0 Å². The van der Waals surface area contributed by atoms with Crippen molar-refractivity contribution in [3.63, 3.8) is 0 Å². The molecule has 108 valence electrons. The van der Waals surface area contributed by atoms with E-state index in [4.69, 9.17) is 10.8 Å². The Morgan fingerprint density at radius 3 is 2.60 bits per heavy atom. The highest BCUT2D eigenvalue weighted by Crippen LogP contribution is 2.18. The Hall–Kier alpha value is -1.92. The van der Waals surface area contributed by atoms with Crippen LogP contribution in [0.15, 0.2) is 24.3 Å². The van der Waals surface area contributed by atoms with Crippen molar-refractivity contribution in [1.82, 2.24) is 4.90 Å². The van der Waals surface area contributed by atoms with Gasteiger partial charge in [0, 0.05) is 18.8 Å². The van der Waals surface area contributed by atoms with Crippen LogP contribution in [0.4, 0.5) is 5.69 Å². The Kier molecular flexibility index (Phi) is 4.06. The van der Waals surface area contributed by atoms with Crippen LogP contribution in [0.1, 0.15) is 12.0 Å². The molecule has 1 aliphatic heterocycles. The number of aryl methyl sites for hydroxylation is 1. The van der Waals surface area contributed by atoms with E-state index in [-0.39, 0.29) is 19.0 Å². The molecule has 1 saturated heterocycles. The second-order valence-electron chi connectivity index (χ2n) is 5.34. The quantitative estimate of drug-likeness (QED) is 0.741. The molecule has 1 heterocycles. The second-order valence-corrected chi connectivity index (χ2v) is 5.34. The summed E-state index contributed by atoms with van der Waals surface area (Å²) in [4.78, 5) is 24.7. The second kappa shape index (κ2) is 5.60. The largest absolute Gasteiger partial charge is 0.480 e. The van der Waals surface area contributed by atoms with Gasteiger partial charge in [0.05, 0.1) is 6.54 Å². The number of aliphatic carboxylic acids is 1. The molecule has 1 unspecified atom stereocenters. The third kappa shape index (κ3) is 3.34. The van der Waals surface area contributed by atoms with Crippen molar-refractivity contribution in [1.29, 1.82) is 0 Å². The molecule has 20 heavy (non-hydrogen) atoms. The number of likely N-dealkylation sites (tertiary alicyclic amines) is 1. The number of carbonyl (C=O) groups is 2. The Morgan fingerprint density at radius 2 is 2.05 bits per heavy atom. The van der Waals surface area contributed by atoms with Crippen LogP contribution < -0.4 is 11.1 Å². The lowest BCUT2D eigenvalue weighted by Crippen LogP contribution is -2.50. The van der Waals surface area contributed by atoms with Gasteiger partial charge in [-0.1, -0.05) is 17.7 Å². The van der Waals surface area contributed by atoms with Crippen LogP contribution in [0, 0.1) is 6.92 Å². The highest BCUT2D eigenvalue weighted by molar-refractivity contribution is 5.92. The maximum Gasteiger partial charge on any atom is 0.325 e. The number of carboxylic acids is 1. The van der Waals surface area contributed by atoms with Gasteiger partial charge in [0.1, 0.15) is 5.54 Å². The fraction of sp³-hybridized carbons (Fsp3) is 0.429. The lowest BCUT2D eigenvalue weighted by atomic mass is 10.0. The lowest BCUT2D eigenvalue weighted by molar-refractivity contribution is -0.143. The lowest BCUT2D eigenvalue weighted by Gasteiger charge is -2.19. The Balaban J connectivity index is 1.87. The first-order valence-corrected chi connectivity index (χ1v) is 6.50. The van der Waals surface area contributed by atoms with Gasteiger partial charge in [-0.25, -0.2) is 0 Å². The Labute approximate surface area is 117 Å². The van der Waals surface area contributed by atoms with E-state index in [1.165, 1.54) is 0 Å². The van der Waals surface area contributed by atoms with Crippen molar-refractivity contribution in [2.24, 2.45) is 5.73 Å². The Morgan fingerprint density at radius 1 is 1.40 bits per heavy atom. The molecule has 1 fully saturated rings. The minimum Gasteiger partial charge on any atom is -0.480 e. The van der Waals surface area contributed by atoms with E-state index in [0.29, 0.717) is 13.0 Å². The minimum absolute atomic E-state index is 0.153. The molecule has 1 amide bonds. The molecular weight excluding hydrogens is 258 g/mol. The molecule has 6 heteroatoms. The summed E-state index contributed by atoms with van der Waals surface area (Å²) in [7, 11) is 0. The number of anilines is 1. The van der Waals surface area contributed by atoms with Crippen molar-refractivity contribution in [2.45, 2.75) is 18.9 Å². The maximum atomic E-state index is 11.9. The number of hydrogen-bond donors (Lipinski definition) is 3. The van der Waals surface area contributed by atoms with Crippen molar-refractivity contribution < 1.29 is 14.7 Å². The van der Waals surface area contributed by atoms with Crippen molar-refractivity contribution in [2.75, 3.05) is 25.0 Å². The van der Waals surface area contributed by atoms with Crippen molar-refractivity contribution in [3.8, 4) is 0 Å². The third-order valence-corrected chi connectivity index (χ3v) is 3.51. The highest BCUT2D eigenvalue weighted by Gasteiger charge is 2.41. The SMILES string of the molecule is Cc1ccc(NC(=O)CN2CCC(N)(C(=O)O)C2)cc1. The van der Waals surface area contributed by atoms with Gasteiger partial charge in [0.2, 0.25) is 5.91 Å². The number of nitrogens with zero attached hydrogens (tertiary/aromatic N) is 1. The van der Waals surface area contributed by atoms with Crippen LogP contribution in [-0.2, 0) is 9.59 Å². The summed E-state index contributed by atoms with van der Waals surface area (Å²) in [5.41, 5.74) is 6.39. The van der Waals surface area contributed by atoms with Crippen LogP contribution in [0.25, 0.3) is 0 Å². The number of nitrogens with one attached hydrogen (secondary N) is 1. The average molecular weight is 277 g/mol. The highest BCUT2D eigenvalue weighted by atomic mass is 16.4. The van der Waals surface area contributed by atoms with Crippen LogP contribution >= 0.6 is 0 Å². The van der Waals surface area contributed by atoms with E-state index in [1.807, 2.05) is 31.2 Å². The average Bonchev–Trinajstić information content (AvgIpc) is 2.75. The molecule has 1 aromatic rings. The first-order valence-electron chi connectivity index (χ1n) is 6.50. The Bertz CT molecular complexity index is 515. The van der Waals surface area contributed by atoms with Gasteiger partial charge in [0.15, 0.2) is 0 Å².